The van der Waals surface area contributed by atoms with Gasteiger partial charge >= 0.3 is 0 Å². The van der Waals surface area contributed by atoms with Crippen molar-refractivity contribution in [3.05, 3.63) is 23.4 Å². The molecule has 2 rings (SSSR count). The topological polar surface area (TPSA) is 65.5 Å². The summed E-state index contributed by atoms with van der Waals surface area (Å²) in [6.45, 7) is 5.41. The third-order valence-electron chi connectivity index (χ3n) is 3.41. The lowest BCUT2D eigenvalue weighted by molar-refractivity contribution is 0.0677. The second-order valence-corrected chi connectivity index (χ2v) is 4.89. The van der Waals surface area contributed by atoms with Crippen molar-refractivity contribution >= 4 is 11.7 Å². The Morgan fingerprint density at radius 1 is 1.58 bits per heavy atom. The van der Waals surface area contributed by atoms with Gasteiger partial charge in [0.05, 0.1) is 12.6 Å². The van der Waals surface area contributed by atoms with Gasteiger partial charge in [-0.05, 0) is 38.8 Å². The van der Waals surface area contributed by atoms with E-state index in [9.17, 15) is 9.90 Å². The van der Waals surface area contributed by atoms with Crippen LogP contribution in [0.1, 0.15) is 35.8 Å². The summed E-state index contributed by atoms with van der Waals surface area (Å²) in [6.07, 6.45) is 1.84. The highest BCUT2D eigenvalue weighted by Gasteiger charge is 2.29. The first-order valence-electron chi connectivity index (χ1n) is 6.80. The first-order valence-corrected chi connectivity index (χ1v) is 6.80. The number of anilines is 1. The number of aryl methyl sites for hydroxylation is 1. The van der Waals surface area contributed by atoms with Crippen LogP contribution >= 0.6 is 0 Å². The molecule has 1 amide bonds. The molecule has 1 fully saturated rings. The number of aliphatic hydroxyl groups is 1. The highest BCUT2D eigenvalue weighted by molar-refractivity contribution is 5.95. The Morgan fingerprint density at radius 2 is 2.37 bits per heavy atom. The first-order chi connectivity index (χ1) is 9.15. The van der Waals surface area contributed by atoms with Crippen molar-refractivity contribution in [1.82, 2.24) is 9.88 Å². The van der Waals surface area contributed by atoms with Crippen LogP contribution in [0, 0.1) is 6.92 Å². The van der Waals surface area contributed by atoms with Gasteiger partial charge in [0, 0.05) is 24.3 Å². The molecule has 0 aliphatic carbocycles. The van der Waals surface area contributed by atoms with Crippen molar-refractivity contribution in [2.24, 2.45) is 0 Å². The fraction of sp³-hybridized carbons (Fsp3) is 0.571. The summed E-state index contributed by atoms with van der Waals surface area (Å²) in [6, 6.07) is 3.55. The monoisotopic (exact) mass is 263 g/mol. The lowest BCUT2D eigenvalue weighted by Gasteiger charge is -2.23. The van der Waals surface area contributed by atoms with Crippen LogP contribution in [-0.2, 0) is 0 Å². The Hall–Kier alpha value is -1.62. The zero-order valence-electron chi connectivity index (χ0n) is 11.5. The molecule has 0 aromatic carbocycles. The number of aliphatic hydroxyl groups excluding tert-OH is 1. The number of rotatable bonds is 4. The largest absolute Gasteiger partial charge is 0.394 e. The van der Waals surface area contributed by atoms with E-state index in [1.54, 1.807) is 17.0 Å². The van der Waals surface area contributed by atoms with Crippen molar-refractivity contribution in [2.45, 2.75) is 32.7 Å². The standard InChI is InChI=1S/C14H21N3O2/c1-3-15-13-8-11(7-10(2)16-13)14(19)17-6-4-5-12(17)9-18/h7-8,12,18H,3-6,9H2,1-2H3,(H,15,16). The highest BCUT2D eigenvalue weighted by Crippen LogP contribution is 2.21. The lowest BCUT2D eigenvalue weighted by Crippen LogP contribution is -2.37. The Kier molecular flexibility index (Phi) is 4.37. The van der Waals surface area contributed by atoms with Gasteiger partial charge in [-0.3, -0.25) is 4.79 Å². The average Bonchev–Trinajstić information content (AvgIpc) is 2.85. The SMILES string of the molecule is CCNc1cc(C(=O)N2CCCC2CO)cc(C)n1. The van der Waals surface area contributed by atoms with Crippen molar-refractivity contribution < 1.29 is 9.90 Å². The second-order valence-electron chi connectivity index (χ2n) is 4.89. The van der Waals surface area contributed by atoms with Crippen molar-refractivity contribution in [1.29, 1.82) is 0 Å². The minimum atomic E-state index is -0.0384. The summed E-state index contributed by atoms with van der Waals surface area (Å²) in [5.74, 6) is 0.715. The predicted octanol–water partition coefficient (Wildman–Crippen LogP) is 1.42. The fourth-order valence-electron chi connectivity index (χ4n) is 2.52. The average molecular weight is 263 g/mol. The Morgan fingerprint density at radius 3 is 3.05 bits per heavy atom. The molecule has 2 N–H and O–H groups in total. The third kappa shape index (κ3) is 3.04. The summed E-state index contributed by atoms with van der Waals surface area (Å²) < 4.78 is 0. The fourth-order valence-corrected chi connectivity index (χ4v) is 2.52. The number of pyridine rings is 1. The van der Waals surface area contributed by atoms with E-state index in [2.05, 4.69) is 10.3 Å². The minimum absolute atomic E-state index is 0.0128. The molecule has 0 spiro atoms. The van der Waals surface area contributed by atoms with Gasteiger partial charge in [-0.15, -0.1) is 0 Å². The van der Waals surface area contributed by atoms with E-state index in [4.69, 9.17) is 0 Å². The van der Waals surface area contributed by atoms with Gasteiger partial charge in [0.2, 0.25) is 0 Å². The second kappa shape index (κ2) is 6.02. The molecule has 1 unspecified atom stereocenters. The van der Waals surface area contributed by atoms with Crippen LogP contribution in [0.4, 0.5) is 5.82 Å². The summed E-state index contributed by atoms with van der Waals surface area (Å²) in [5.41, 5.74) is 1.46. The molecular weight excluding hydrogens is 242 g/mol. The molecule has 1 aliphatic heterocycles. The van der Waals surface area contributed by atoms with Gasteiger partial charge in [-0.2, -0.15) is 0 Å². The van der Waals surface area contributed by atoms with Gasteiger partial charge in [0.25, 0.3) is 5.91 Å². The van der Waals surface area contributed by atoms with Crippen LogP contribution in [0.15, 0.2) is 12.1 Å². The Bertz CT molecular complexity index is 462. The van der Waals surface area contributed by atoms with Crippen molar-refractivity contribution in [2.75, 3.05) is 25.0 Å². The van der Waals surface area contributed by atoms with Crippen LogP contribution in [-0.4, -0.2) is 46.6 Å². The first kappa shape index (κ1) is 13.8. The van der Waals surface area contributed by atoms with E-state index in [1.165, 1.54) is 0 Å². The number of amides is 1. The van der Waals surface area contributed by atoms with E-state index in [0.717, 1.165) is 37.4 Å². The molecule has 5 nitrogen and oxygen atoms in total. The zero-order chi connectivity index (χ0) is 13.8. The molecule has 1 aromatic heterocycles. The van der Waals surface area contributed by atoms with Crippen LogP contribution in [0.25, 0.3) is 0 Å². The van der Waals surface area contributed by atoms with E-state index < -0.39 is 0 Å². The smallest absolute Gasteiger partial charge is 0.254 e. The summed E-state index contributed by atoms with van der Waals surface area (Å²) in [5, 5.41) is 12.4. The highest BCUT2D eigenvalue weighted by atomic mass is 16.3. The molecule has 5 heteroatoms. The van der Waals surface area contributed by atoms with E-state index >= 15 is 0 Å². The predicted molar refractivity (Wildman–Crippen MR) is 74.3 cm³/mol. The number of carbonyl (C=O) groups is 1. The molecule has 1 saturated heterocycles. The quantitative estimate of drug-likeness (QED) is 0.862. The van der Waals surface area contributed by atoms with Crippen LogP contribution in [0.5, 0.6) is 0 Å². The number of hydrogen-bond acceptors (Lipinski definition) is 4. The van der Waals surface area contributed by atoms with E-state index in [-0.39, 0.29) is 18.6 Å². The van der Waals surface area contributed by atoms with Crippen molar-refractivity contribution in [3.63, 3.8) is 0 Å². The maximum absolute atomic E-state index is 12.5. The number of nitrogens with zero attached hydrogens (tertiary/aromatic N) is 2. The molecule has 0 radical (unpaired) electrons. The van der Waals surface area contributed by atoms with Crippen LogP contribution in [0.2, 0.25) is 0 Å². The minimum Gasteiger partial charge on any atom is -0.394 e. The molecule has 2 heterocycles. The maximum Gasteiger partial charge on any atom is 0.254 e. The van der Waals surface area contributed by atoms with Gasteiger partial charge in [0.15, 0.2) is 0 Å². The lowest BCUT2D eigenvalue weighted by atomic mass is 10.1. The molecule has 1 aliphatic rings. The molecule has 104 valence electrons. The normalized spacial score (nSPS) is 18.7. The number of nitrogens with one attached hydrogen (secondary N) is 1. The third-order valence-corrected chi connectivity index (χ3v) is 3.41. The number of likely N-dealkylation sites (tertiary alicyclic amines) is 1. The Balaban J connectivity index is 2.23. The molecule has 19 heavy (non-hydrogen) atoms. The van der Waals surface area contributed by atoms with Crippen LogP contribution in [0.3, 0.4) is 0 Å². The number of hydrogen-bond donors (Lipinski definition) is 2. The van der Waals surface area contributed by atoms with Gasteiger partial charge in [-0.25, -0.2) is 4.98 Å². The summed E-state index contributed by atoms with van der Waals surface area (Å²) in [4.78, 5) is 18.6. The van der Waals surface area contributed by atoms with Crippen molar-refractivity contribution in [3.8, 4) is 0 Å². The Labute approximate surface area is 113 Å². The van der Waals surface area contributed by atoms with Crippen LogP contribution < -0.4 is 5.32 Å². The number of aromatic nitrogens is 1. The molecule has 1 aromatic rings. The summed E-state index contributed by atoms with van der Waals surface area (Å²) >= 11 is 0. The summed E-state index contributed by atoms with van der Waals surface area (Å²) in [7, 11) is 0. The van der Waals surface area contributed by atoms with E-state index in [0.29, 0.717) is 5.56 Å². The van der Waals surface area contributed by atoms with Gasteiger partial charge in [-0.1, -0.05) is 0 Å². The molecule has 0 saturated carbocycles. The van der Waals surface area contributed by atoms with Gasteiger partial charge < -0.3 is 15.3 Å². The molecule has 1 atom stereocenters. The molecular formula is C14H21N3O2. The van der Waals surface area contributed by atoms with Gasteiger partial charge in [0.1, 0.15) is 5.82 Å². The number of carbonyl (C=O) groups excluding carboxylic acids is 1. The van der Waals surface area contributed by atoms with E-state index in [1.807, 2.05) is 13.8 Å². The maximum atomic E-state index is 12.5. The molecule has 0 bridgehead atoms. The zero-order valence-corrected chi connectivity index (χ0v) is 11.5.